The molecule has 1 aliphatic carbocycles. The quantitative estimate of drug-likeness (QED) is 0.139. The maximum absolute atomic E-state index is 14.3. The van der Waals surface area contributed by atoms with Crippen molar-refractivity contribution in [1.82, 2.24) is 14.9 Å². The molecule has 0 spiro atoms. The fourth-order valence-electron chi connectivity index (χ4n) is 6.50. The second kappa shape index (κ2) is 15.4. The number of carbonyl (C=O) groups is 2. The fourth-order valence-corrected chi connectivity index (χ4v) is 8.19. The third-order valence-corrected chi connectivity index (χ3v) is 10.8. The van der Waals surface area contributed by atoms with Gasteiger partial charge in [0, 0.05) is 19.8 Å². The summed E-state index contributed by atoms with van der Waals surface area (Å²) in [5.74, 6) is -1.95. The van der Waals surface area contributed by atoms with Crippen molar-refractivity contribution < 1.29 is 46.2 Å². The van der Waals surface area contributed by atoms with Crippen molar-refractivity contribution in [3.63, 3.8) is 0 Å². The van der Waals surface area contributed by atoms with Gasteiger partial charge in [0.2, 0.25) is 5.95 Å². The van der Waals surface area contributed by atoms with Gasteiger partial charge in [-0.25, -0.2) is 4.98 Å². The van der Waals surface area contributed by atoms with Gasteiger partial charge in [0.25, 0.3) is 5.91 Å². The van der Waals surface area contributed by atoms with E-state index < -0.39 is 37.0 Å². The zero-order chi connectivity index (χ0) is 36.2. The molecule has 12 nitrogen and oxygen atoms in total. The highest BCUT2D eigenvalue weighted by atomic mass is 31.2. The van der Waals surface area contributed by atoms with Gasteiger partial charge in [-0.2, -0.15) is 18.2 Å². The van der Waals surface area contributed by atoms with Crippen LogP contribution in [0, 0.1) is 5.92 Å². The molecule has 1 saturated carbocycles. The molecule has 2 aliphatic rings. The summed E-state index contributed by atoms with van der Waals surface area (Å²) in [4.78, 5) is 34.5. The molecule has 50 heavy (non-hydrogen) atoms. The van der Waals surface area contributed by atoms with Crippen LogP contribution >= 0.6 is 7.60 Å². The highest BCUT2D eigenvalue weighted by Gasteiger charge is 2.38. The largest absolute Gasteiger partial charge is 0.492 e. The number of carbonyl (C=O) groups excluding carboxylic acids is 1. The van der Waals surface area contributed by atoms with Crippen molar-refractivity contribution in [2.75, 3.05) is 37.5 Å². The third kappa shape index (κ3) is 8.22. The molecule has 1 aliphatic heterocycles. The summed E-state index contributed by atoms with van der Waals surface area (Å²) in [6.45, 7) is 6.13. The first-order valence-corrected chi connectivity index (χ1v) is 18.3. The van der Waals surface area contributed by atoms with Gasteiger partial charge in [0.05, 0.1) is 48.8 Å². The van der Waals surface area contributed by atoms with Crippen LogP contribution < -0.4 is 15.4 Å². The molecule has 3 aromatic rings. The Morgan fingerprint density at radius 3 is 2.32 bits per heavy atom. The molecule has 0 unspecified atom stereocenters. The van der Waals surface area contributed by atoms with Crippen molar-refractivity contribution in [3.8, 4) is 5.75 Å². The van der Waals surface area contributed by atoms with Crippen LogP contribution in [0.5, 0.6) is 5.75 Å². The van der Waals surface area contributed by atoms with E-state index in [0.717, 1.165) is 5.56 Å². The number of carboxylic acids is 1. The van der Waals surface area contributed by atoms with E-state index in [1.807, 2.05) is 0 Å². The summed E-state index contributed by atoms with van der Waals surface area (Å²) >= 11 is 0. The number of halogens is 3. The normalized spacial score (nSPS) is 17.8. The van der Waals surface area contributed by atoms with Crippen LogP contribution in [-0.2, 0) is 37.3 Å². The predicted molar refractivity (Wildman–Crippen MR) is 180 cm³/mol. The zero-order valence-electron chi connectivity index (χ0n) is 28.3. The van der Waals surface area contributed by atoms with E-state index in [2.05, 4.69) is 20.6 Å². The Balaban J connectivity index is 1.46. The van der Waals surface area contributed by atoms with Gasteiger partial charge in [0.15, 0.2) is 0 Å². The van der Waals surface area contributed by atoms with Gasteiger partial charge < -0.3 is 34.4 Å². The molecule has 0 atom stereocenters. The summed E-state index contributed by atoms with van der Waals surface area (Å²) < 4.78 is 72.5. The number of aromatic nitrogens is 2. The van der Waals surface area contributed by atoms with Gasteiger partial charge in [-0.05, 0) is 87.3 Å². The summed E-state index contributed by atoms with van der Waals surface area (Å²) in [5.41, 5.74) is 1.86. The number of aliphatic carboxylic acids is 1. The lowest BCUT2D eigenvalue weighted by molar-refractivity contribution is -0.143. The first kappa shape index (κ1) is 37.1. The van der Waals surface area contributed by atoms with Crippen LogP contribution in [0.3, 0.4) is 0 Å². The number of carboxylic acid groups (broad SMARTS) is 1. The monoisotopic (exact) mass is 719 g/mol. The minimum Gasteiger partial charge on any atom is -0.492 e. The number of nitrogens with one attached hydrogen (secondary N) is 2. The van der Waals surface area contributed by atoms with Gasteiger partial charge in [-0.3, -0.25) is 14.2 Å². The SMILES string of the molecule is CCOc1cc(CP(=O)(OCC)OCC)ccc1Nc1ncc(C(F)(F)F)c(Nc2ccc([C@H]3CC[C@H](C(=O)O)CC3)c3c2C(=O)N(C)C3)n1. The number of hydrogen-bond acceptors (Lipinski definition) is 10. The maximum atomic E-state index is 14.3. The lowest BCUT2D eigenvalue weighted by atomic mass is 9.77. The number of alkyl halides is 3. The molecule has 0 saturated heterocycles. The van der Waals surface area contributed by atoms with Crippen molar-refractivity contribution in [3.05, 3.63) is 64.3 Å². The average molecular weight is 720 g/mol. The maximum Gasteiger partial charge on any atom is 0.421 e. The average Bonchev–Trinajstić information content (AvgIpc) is 3.36. The molecule has 0 bridgehead atoms. The Kier molecular flexibility index (Phi) is 11.4. The van der Waals surface area contributed by atoms with E-state index in [4.69, 9.17) is 13.8 Å². The van der Waals surface area contributed by atoms with Crippen LogP contribution in [0.4, 0.5) is 36.3 Å². The molecule has 5 rings (SSSR count). The summed E-state index contributed by atoms with van der Waals surface area (Å²) in [5, 5.41) is 15.1. The molecule has 3 N–H and O–H groups in total. The molecular weight excluding hydrogens is 678 g/mol. The fraction of sp³-hybridized carbons (Fsp3) is 0.471. The molecule has 2 heterocycles. The molecular formula is C34H41F3N5O7P. The van der Waals surface area contributed by atoms with Gasteiger partial charge in [-0.1, -0.05) is 12.1 Å². The molecule has 0 radical (unpaired) electrons. The number of ether oxygens (including phenoxy) is 1. The van der Waals surface area contributed by atoms with Crippen molar-refractivity contribution in [2.24, 2.45) is 5.92 Å². The predicted octanol–water partition coefficient (Wildman–Crippen LogP) is 8.09. The molecule has 270 valence electrons. The lowest BCUT2D eigenvalue weighted by Crippen LogP contribution is -2.21. The van der Waals surface area contributed by atoms with Crippen LogP contribution in [0.15, 0.2) is 36.5 Å². The van der Waals surface area contributed by atoms with Crippen LogP contribution in [0.2, 0.25) is 0 Å². The molecule has 1 amide bonds. The lowest BCUT2D eigenvalue weighted by Gasteiger charge is -2.28. The Morgan fingerprint density at radius 1 is 1.02 bits per heavy atom. The molecule has 1 fully saturated rings. The Labute approximate surface area is 288 Å². The minimum absolute atomic E-state index is 0.0134. The van der Waals surface area contributed by atoms with Gasteiger partial charge >= 0.3 is 19.7 Å². The number of rotatable bonds is 14. The van der Waals surface area contributed by atoms with E-state index >= 15 is 0 Å². The first-order valence-electron chi connectivity index (χ1n) is 16.5. The van der Waals surface area contributed by atoms with Gasteiger partial charge in [-0.15, -0.1) is 0 Å². The Morgan fingerprint density at radius 2 is 1.70 bits per heavy atom. The second-order valence-electron chi connectivity index (χ2n) is 12.2. The summed E-state index contributed by atoms with van der Waals surface area (Å²) in [6, 6.07) is 8.30. The van der Waals surface area contributed by atoms with E-state index in [9.17, 15) is 32.4 Å². The molecule has 16 heteroatoms. The zero-order valence-corrected chi connectivity index (χ0v) is 29.2. The number of amides is 1. The highest BCUT2D eigenvalue weighted by Crippen LogP contribution is 2.52. The smallest absolute Gasteiger partial charge is 0.421 e. The standard InChI is InChI=1S/C34H41F3N5O7P/c1-5-47-28-16-20(19-50(46,48-6-2)49-7-3)8-14-26(28)40-33-38-17-25(34(35,36)37)30(41-33)39-27-15-13-23(24-18-42(4)31(43)29(24)27)21-9-11-22(12-10-21)32(44)45/h8,13-17,21-22H,5-7,9-12,18-19H2,1-4H3,(H,44,45)(H2,38,39,40,41)/t21-,22-. The number of nitrogens with zero attached hydrogens (tertiary/aromatic N) is 3. The first-order chi connectivity index (χ1) is 23.8. The third-order valence-electron chi connectivity index (χ3n) is 8.79. The summed E-state index contributed by atoms with van der Waals surface area (Å²) in [6.07, 6.45) is -1.87. The van der Waals surface area contributed by atoms with Gasteiger partial charge in [0.1, 0.15) is 17.1 Å². The topological polar surface area (TPSA) is 152 Å². The molecule has 1 aromatic heterocycles. The van der Waals surface area contributed by atoms with E-state index in [0.29, 0.717) is 54.4 Å². The highest BCUT2D eigenvalue weighted by molar-refractivity contribution is 7.53. The Hall–Kier alpha value is -4.20. The van der Waals surface area contributed by atoms with Crippen LogP contribution in [0.25, 0.3) is 0 Å². The van der Waals surface area contributed by atoms with Crippen molar-refractivity contribution in [1.29, 1.82) is 0 Å². The number of fused-ring (bicyclic) bond motifs is 1. The van der Waals surface area contributed by atoms with Crippen LogP contribution in [0.1, 0.15) is 85.0 Å². The van der Waals surface area contributed by atoms with E-state index in [-0.39, 0.29) is 61.6 Å². The van der Waals surface area contributed by atoms with Crippen LogP contribution in [-0.4, -0.2) is 58.7 Å². The number of benzene rings is 2. The second-order valence-corrected chi connectivity index (χ2v) is 14.2. The number of hydrogen-bond donors (Lipinski definition) is 3. The van der Waals surface area contributed by atoms with E-state index in [1.165, 1.54) is 4.90 Å². The Bertz CT molecular complexity index is 1770. The van der Waals surface area contributed by atoms with Crippen molar-refractivity contribution in [2.45, 2.75) is 71.3 Å². The summed E-state index contributed by atoms with van der Waals surface area (Å²) in [7, 11) is -1.80. The van der Waals surface area contributed by atoms with E-state index in [1.54, 1.807) is 58.2 Å². The number of anilines is 4. The minimum atomic E-state index is -4.82. The van der Waals surface area contributed by atoms with Crippen molar-refractivity contribution >= 4 is 42.6 Å². The molecule has 2 aromatic carbocycles.